The smallest absolute Gasteiger partial charge is 0.133 e. The Labute approximate surface area is 133 Å². The number of nitrogens with zero attached hydrogens (tertiary/aromatic N) is 1. The molecule has 0 aromatic heterocycles. The minimum absolute atomic E-state index is 0.104. The van der Waals surface area contributed by atoms with Gasteiger partial charge < -0.3 is 4.74 Å². The normalized spacial score (nSPS) is 17.1. The molecule has 104 valence electrons. The van der Waals surface area contributed by atoms with Gasteiger partial charge in [0, 0.05) is 5.56 Å². The summed E-state index contributed by atoms with van der Waals surface area (Å²) in [6.07, 6.45) is 0. The average molecular weight is 314 g/mol. The van der Waals surface area contributed by atoms with Gasteiger partial charge in [-0.3, -0.25) is 0 Å². The monoisotopic (exact) mass is 313 g/mol. The minimum atomic E-state index is -0.104. The van der Waals surface area contributed by atoms with Crippen molar-refractivity contribution in [2.24, 2.45) is 0 Å². The number of hydrogen-bond acceptors (Lipinski definition) is 3. The number of ether oxygens (including phenoxy) is 1. The van der Waals surface area contributed by atoms with E-state index < -0.39 is 0 Å². The molecule has 0 aliphatic carbocycles. The average Bonchev–Trinajstić information content (AvgIpc) is 2.55. The number of thioether (sulfide) groups is 1. The van der Waals surface area contributed by atoms with Crippen LogP contribution in [-0.4, -0.2) is 7.11 Å². The zero-order chi connectivity index (χ0) is 14.8. The van der Waals surface area contributed by atoms with Crippen molar-refractivity contribution in [1.29, 1.82) is 5.26 Å². The fourth-order valence-electron chi connectivity index (χ4n) is 2.38. The summed E-state index contributed by atoms with van der Waals surface area (Å²) in [4.78, 5) is 0.984. The molecule has 21 heavy (non-hydrogen) atoms. The van der Waals surface area contributed by atoms with Gasteiger partial charge in [-0.2, -0.15) is 5.26 Å². The first kappa shape index (κ1) is 14.1. The first-order valence-corrected chi connectivity index (χ1v) is 7.70. The number of fused-ring (bicyclic) bond motifs is 1. The Morgan fingerprint density at radius 3 is 2.57 bits per heavy atom. The predicted molar refractivity (Wildman–Crippen MR) is 86.4 cm³/mol. The second kappa shape index (κ2) is 5.85. The lowest BCUT2D eigenvalue weighted by Crippen LogP contribution is -2.06. The molecule has 1 aliphatic heterocycles. The van der Waals surface area contributed by atoms with Crippen LogP contribution >= 0.6 is 23.4 Å². The van der Waals surface area contributed by atoms with Crippen molar-refractivity contribution in [3.63, 3.8) is 0 Å². The summed E-state index contributed by atoms with van der Waals surface area (Å²) in [7, 11) is 1.64. The Hall–Kier alpha value is -1.89. The molecule has 4 heteroatoms. The van der Waals surface area contributed by atoms with Crippen LogP contribution in [0.3, 0.4) is 0 Å². The molecule has 0 saturated heterocycles. The fraction of sp³-hybridized carbons (Fsp3) is 0.118. The van der Waals surface area contributed by atoms with E-state index in [0.29, 0.717) is 10.6 Å². The second-order valence-corrected chi connectivity index (χ2v) is 6.08. The largest absolute Gasteiger partial charge is 0.496 e. The third kappa shape index (κ3) is 2.42. The van der Waals surface area contributed by atoms with E-state index in [4.69, 9.17) is 16.3 Å². The summed E-state index contributed by atoms with van der Waals surface area (Å²) in [5.41, 5.74) is 2.52. The van der Waals surface area contributed by atoms with Crippen LogP contribution in [0.2, 0.25) is 0 Å². The maximum absolute atomic E-state index is 9.51. The van der Waals surface area contributed by atoms with Crippen molar-refractivity contribution in [3.8, 4) is 11.8 Å². The number of halogens is 1. The van der Waals surface area contributed by atoms with E-state index in [9.17, 15) is 5.26 Å². The summed E-state index contributed by atoms with van der Waals surface area (Å²) >= 11 is 8.08. The van der Waals surface area contributed by atoms with Gasteiger partial charge in [-0.1, -0.05) is 54.1 Å². The molecular weight excluding hydrogens is 302 g/mol. The van der Waals surface area contributed by atoms with Crippen molar-refractivity contribution in [2.75, 3.05) is 7.11 Å². The topological polar surface area (TPSA) is 33.0 Å². The van der Waals surface area contributed by atoms with E-state index in [1.54, 1.807) is 18.9 Å². The van der Waals surface area contributed by atoms with E-state index in [0.717, 1.165) is 21.8 Å². The lowest BCUT2D eigenvalue weighted by atomic mass is 10.0. The first-order chi connectivity index (χ1) is 10.3. The highest BCUT2D eigenvalue weighted by atomic mass is 35.5. The molecule has 0 N–H and O–H groups in total. The van der Waals surface area contributed by atoms with Crippen LogP contribution in [0.15, 0.2) is 59.0 Å². The van der Waals surface area contributed by atoms with Gasteiger partial charge in [0.2, 0.25) is 0 Å². The van der Waals surface area contributed by atoms with Crippen molar-refractivity contribution < 1.29 is 4.74 Å². The molecule has 0 fully saturated rings. The zero-order valence-corrected chi connectivity index (χ0v) is 12.9. The van der Waals surface area contributed by atoms with Gasteiger partial charge in [-0.25, -0.2) is 0 Å². The van der Waals surface area contributed by atoms with Gasteiger partial charge in [0.05, 0.1) is 33.9 Å². The Kier molecular flexibility index (Phi) is 3.92. The van der Waals surface area contributed by atoms with E-state index in [-0.39, 0.29) is 5.25 Å². The zero-order valence-electron chi connectivity index (χ0n) is 11.3. The van der Waals surface area contributed by atoms with Gasteiger partial charge in [-0.05, 0) is 11.6 Å². The fourth-order valence-corrected chi connectivity index (χ4v) is 4.19. The molecular formula is C17H12ClNOS. The highest BCUT2D eigenvalue weighted by molar-refractivity contribution is 8.00. The standard InChI is InChI=1S/C17H12ClNOS/c1-20-14-9-5-8-12-15(18)13(10-19)16(21-17(12)14)11-6-3-2-4-7-11/h2-9,16H,1H3. The molecule has 0 amide bonds. The molecule has 1 heterocycles. The minimum Gasteiger partial charge on any atom is -0.496 e. The third-order valence-corrected chi connectivity index (χ3v) is 5.20. The maximum Gasteiger partial charge on any atom is 0.133 e. The number of hydrogen-bond donors (Lipinski definition) is 0. The molecule has 0 bridgehead atoms. The number of nitriles is 1. The van der Waals surface area contributed by atoms with Crippen LogP contribution in [0.1, 0.15) is 16.4 Å². The van der Waals surface area contributed by atoms with Gasteiger partial charge in [0.25, 0.3) is 0 Å². The summed E-state index contributed by atoms with van der Waals surface area (Å²) < 4.78 is 5.43. The van der Waals surface area contributed by atoms with Gasteiger partial charge in [-0.15, -0.1) is 11.8 Å². The molecule has 0 radical (unpaired) electrons. The van der Waals surface area contributed by atoms with Gasteiger partial charge in [0.15, 0.2) is 0 Å². The Morgan fingerprint density at radius 1 is 1.14 bits per heavy atom. The quantitative estimate of drug-likeness (QED) is 0.780. The number of benzene rings is 2. The van der Waals surface area contributed by atoms with Crippen LogP contribution in [0, 0.1) is 11.3 Å². The summed E-state index contributed by atoms with van der Waals surface area (Å²) in [5.74, 6) is 0.786. The van der Waals surface area contributed by atoms with Crippen LogP contribution < -0.4 is 4.74 Å². The molecule has 0 spiro atoms. The lowest BCUT2D eigenvalue weighted by Gasteiger charge is -2.25. The number of methoxy groups -OCH3 is 1. The molecule has 0 saturated carbocycles. The highest BCUT2D eigenvalue weighted by Crippen LogP contribution is 2.53. The molecule has 1 unspecified atom stereocenters. The molecule has 1 aliphatic rings. The maximum atomic E-state index is 9.51. The van der Waals surface area contributed by atoms with Gasteiger partial charge in [0.1, 0.15) is 5.75 Å². The van der Waals surface area contributed by atoms with Crippen molar-refractivity contribution in [2.45, 2.75) is 10.1 Å². The van der Waals surface area contributed by atoms with Crippen molar-refractivity contribution >= 4 is 28.4 Å². The number of rotatable bonds is 2. The molecule has 2 aromatic carbocycles. The van der Waals surface area contributed by atoms with E-state index in [2.05, 4.69) is 6.07 Å². The van der Waals surface area contributed by atoms with E-state index >= 15 is 0 Å². The second-order valence-electron chi connectivity index (χ2n) is 4.58. The van der Waals surface area contributed by atoms with Crippen LogP contribution in [-0.2, 0) is 0 Å². The Bertz CT molecular complexity index is 749. The summed E-state index contributed by atoms with van der Waals surface area (Å²) in [6, 6.07) is 17.9. The summed E-state index contributed by atoms with van der Waals surface area (Å²) in [5, 5.41) is 9.92. The third-order valence-electron chi connectivity index (χ3n) is 3.39. The van der Waals surface area contributed by atoms with Crippen LogP contribution in [0.25, 0.3) is 5.03 Å². The van der Waals surface area contributed by atoms with E-state index in [1.165, 1.54) is 0 Å². The molecule has 2 nitrogen and oxygen atoms in total. The summed E-state index contributed by atoms with van der Waals surface area (Å²) in [6.45, 7) is 0. The van der Waals surface area contributed by atoms with Crippen LogP contribution in [0.4, 0.5) is 0 Å². The van der Waals surface area contributed by atoms with Crippen LogP contribution in [0.5, 0.6) is 5.75 Å². The Morgan fingerprint density at radius 2 is 1.90 bits per heavy atom. The highest BCUT2D eigenvalue weighted by Gasteiger charge is 2.30. The Balaban J connectivity index is 2.19. The van der Waals surface area contributed by atoms with E-state index in [1.807, 2.05) is 48.5 Å². The lowest BCUT2D eigenvalue weighted by molar-refractivity contribution is 0.404. The molecule has 1 atom stereocenters. The predicted octanol–water partition coefficient (Wildman–Crippen LogP) is 5.02. The SMILES string of the molecule is COc1cccc2c1SC(c1ccccc1)C(C#N)=C2Cl. The van der Waals surface area contributed by atoms with Gasteiger partial charge >= 0.3 is 0 Å². The first-order valence-electron chi connectivity index (χ1n) is 6.45. The molecule has 2 aromatic rings. The molecule has 3 rings (SSSR count). The van der Waals surface area contributed by atoms with Crippen molar-refractivity contribution in [1.82, 2.24) is 0 Å². The van der Waals surface area contributed by atoms with Crippen molar-refractivity contribution in [3.05, 3.63) is 65.2 Å².